The van der Waals surface area contributed by atoms with Crippen LogP contribution in [0, 0.1) is 0 Å². The standard InChI is InChI=1S/C15H17N3OS/c1-2-10-17-15-18-14(16)13(20-15)12(19)9-8-11-6-4-3-5-7-11/h3-9H,2,10,16H2,1H3,(H,17,18)/b9-8+. The Morgan fingerprint density at radius 2 is 2.15 bits per heavy atom. The van der Waals surface area contributed by atoms with Crippen LogP contribution in [0.3, 0.4) is 0 Å². The van der Waals surface area contributed by atoms with E-state index in [2.05, 4.69) is 17.2 Å². The van der Waals surface area contributed by atoms with Gasteiger partial charge in [-0.25, -0.2) is 4.98 Å². The molecule has 0 amide bonds. The lowest BCUT2D eigenvalue weighted by Gasteiger charge is -1.96. The molecule has 0 saturated carbocycles. The van der Waals surface area contributed by atoms with Crippen LogP contribution in [0.5, 0.6) is 0 Å². The van der Waals surface area contributed by atoms with Crippen molar-refractivity contribution in [2.24, 2.45) is 0 Å². The number of nitrogens with one attached hydrogen (secondary N) is 1. The second kappa shape index (κ2) is 6.86. The monoisotopic (exact) mass is 287 g/mol. The van der Waals surface area contributed by atoms with Crippen LogP contribution >= 0.6 is 11.3 Å². The van der Waals surface area contributed by atoms with Gasteiger partial charge in [-0.2, -0.15) is 0 Å². The summed E-state index contributed by atoms with van der Waals surface area (Å²) in [6, 6.07) is 9.67. The van der Waals surface area contributed by atoms with E-state index in [1.165, 1.54) is 17.4 Å². The average molecular weight is 287 g/mol. The van der Waals surface area contributed by atoms with Crippen LogP contribution in [-0.4, -0.2) is 17.3 Å². The summed E-state index contributed by atoms with van der Waals surface area (Å²) in [4.78, 5) is 16.7. The van der Waals surface area contributed by atoms with Crippen LogP contribution in [0.2, 0.25) is 0 Å². The van der Waals surface area contributed by atoms with Crippen molar-refractivity contribution in [2.45, 2.75) is 13.3 Å². The molecule has 0 aliphatic heterocycles. The highest BCUT2D eigenvalue weighted by Gasteiger charge is 2.13. The van der Waals surface area contributed by atoms with E-state index in [4.69, 9.17) is 5.73 Å². The predicted molar refractivity (Wildman–Crippen MR) is 85.1 cm³/mol. The molecule has 0 aliphatic rings. The fourth-order valence-corrected chi connectivity index (χ4v) is 2.46. The minimum Gasteiger partial charge on any atom is -0.382 e. The Morgan fingerprint density at radius 3 is 2.85 bits per heavy atom. The van der Waals surface area contributed by atoms with Gasteiger partial charge in [0, 0.05) is 6.54 Å². The second-order valence-electron chi connectivity index (χ2n) is 4.27. The van der Waals surface area contributed by atoms with Crippen LogP contribution in [0.15, 0.2) is 36.4 Å². The SMILES string of the molecule is CCCNc1nc(N)c(C(=O)/C=C/c2ccccc2)s1. The lowest BCUT2D eigenvalue weighted by atomic mass is 10.2. The molecule has 0 spiro atoms. The molecule has 20 heavy (non-hydrogen) atoms. The fourth-order valence-electron chi connectivity index (χ4n) is 1.63. The Kier molecular flexibility index (Phi) is 4.90. The molecule has 1 aromatic heterocycles. The van der Waals surface area contributed by atoms with Gasteiger partial charge < -0.3 is 11.1 Å². The van der Waals surface area contributed by atoms with E-state index in [1.54, 1.807) is 6.08 Å². The number of nitrogens with zero attached hydrogens (tertiary/aromatic N) is 1. The molecular weight excluding hydrogens is 270 g/mol. The van der Waals surface area contributed by atoms with Gasteiger partial charge in [0.15, 0.2) is 10.9 Å². The second-order valence-corrected chi connectivity index (χ2v) is 5.27. The molecule has 3 N–H and O–H groups in total. The van der Waals surface area contributed by atoms with E-state index in [0.717, 1.165) is 18.5 Å². The minimum absolute atomic E-state index is 0.117. The van der Waals surface area contributed by atoms with E-state index in [9.17, 15) is 4.79 Å². The van der Waals surface area contributed by atoms with Gasteiger partial charge in [0.25, 0.3) is 0 Å². The number of ketones is 1. The molecule has 0 unspecified atom stereocenters. The summed E-state index contributed by atoms with van der Waals surface area (Å²) in [7, 11) is 0. The molecule has 104 valence electrons. The zero-order valence-corrected chi connectivity index (χ0v) is 12.1. The van der Waals surface area contributed by atoms with Gasteiger partial charge >= 0.3 is 0 Å². The highest BCUT2D eigenvalue weighted by atomic mass is 32.1. The number of aromatic nitrogens is 1. The van der Waals surface area contributed by atoms with Gasteiger partial charge in [0.1, 0.15) is 10.7 Å². The van der Waals surface area contributed by atoms with Crippen molar-refractivity contribution in [2.75, 3.05) is 17.6 Å². The van der Waals surface area contributed by atoms with E-state index >= 15 is 0 Å². The summed E-state index contributed by atoms with van der Waals surface area (Å²) in [6.07, 6.45) is 4.31. The number of carbonyl (C=O) groups excluding carboxylic acids is 1. The summed E-state index contributed by atoms with van der Waals surface area (Å²) < 4.78 is 0. The molecule has 0 radical (unpaired) electrons. The maximum atomic E-state index is 12.1. The molecule has 0 aliphatic carbocycles. The van der Waals surface area contributed by atoms with Gasteiger partial charge in [0.05, 0.1) is 0 Å². The number of nitrogens with two attached hydrogens (primary N) is 1. The van der Waals surface area contributed by atoms with Crippen molar-refractivity contribution >= 4 is 34.1 Å². The van der Waals surface area contributed by atoms with Crippen LogP contribution in [-0.2, 0) is 0 Å². The quantitative estimate of drug-likeness (QED) is 0.631. The van der Waals surface area contributed by atoms with Crippen molar-refractivity contribution in [3.63, 3.8) is 0 Å². The third-order valence-corrected chi connectivity index (χ3v) is 3.67. The molecule has 5 heteroatoms. The lowest BCUT2D eigenvalue weighted by molar-refractivity contribution is 0.105. The first-order valence-corrected chi connectivity index (χ1v) is 7.30. The summed E-state index contributed by atoms with van der Waals surface area (Å²) in [5.74, 6) is 0.171. The van der Waals surface area contributed by atoms with E-state index in [1.807, 2.05) is 30.3 Å². The zero-order chi connectivity index (χ0) is 14.4. The third kappa shape index (κ3) is 3.68. The van der Waals surface area contributed by atoms with Gasteiger partial charge in [-0.3, -0.25) is 4.79 Å². The smallest absolute Gasteiger partial charge is 0.199 e. The Balaban J connectivity index is 2.09. The number of allylic oxidation sites excluding steroid dienone is 1. The first-order valence-electron chi connectivity index (χ1n) is 6.48. The molecular formula is C15H17N3OS. The first kappa shape index (κ1) is 14.3. The van der Waals surface area contributed by atoms with Crippen molar-refractivity contribution in [1.82, 2.24) is 4.98 Å². The largest absolute Gasteiger partial charge is 0.382 e. The highest BCUT2D eigenvalue weighted by Crippen LogP contribution is 2.25. The van der Waals surface area contributed by atoms with E-state index < -0.39 is 0 Å². The number of benzene rings is 1. The van der Waals surface area contributed by atoms with Crippen molar-refractivity contribution in [1.29, 1.82) is 0 Å². The van der Waals surface area contributed by atoms with Gasteiger partial charge in [-0.05, 0) is 18.1 Å². The van der Waals surface area contributed by atoms with Gasteiger partial charge in [0.2, 0.25) is 0 Å². The summed E-state index contributed by atoms with van der Waals surface area (Å²) >= 11 is 1.29. The molecule has 1 aromatic carbocycles. The first-order chi connectivity index (χ1) is 9.70. The Labute approximate surface area is 122 Å². The molecule has 0 saturated heterocycles. The van der Waals surface area contributed by atoms with Gasteiger partial charge in [-0.1, -0.05) is 54.7 Å². The predicted octanol–water partition coefficient (Wildman–Crippen LogP) is 3.44. The number of hydrogen-bond acceptors (Lipinski definition) is 5. The van der Waals surface area contributed by atoms with Crippen molar-refractivity contribution in [3.8, 4) is 0 Å². The van der Waals surface area contributed by atoms with Crippen LogP contribution in [0.4, 0.5) is 10.9 Å². The number of thiazole rings is 1. The number of carbonyl (C=O) groups is 1. The number of hydrogen-bond donors (Lipinski definition) is 2. The van der Waals surface area contributed by atoms with Crippen LogP contribution in [0.25, 0.3) is 6.08 Å². The maximum absolute atomic E-state index is 12.1. The minimum atomic E-state index is -0.117. The number of nitrogen functional groups attached to an aromatic ring is 1. The van der Waals surface area contributed by atoms with Gasteiger partial charge in [-0.15, -0.1) is 0 Å². The average Bonchev–Trinajstić information content (AvgIpc) is 2.85. The van der Waals surface area contributed by atoms with Crippen molar-refractivity contribution < 1.29 is 4.79 Å². The summed E-state index contributed by atoms with van der Waals surface area (Å²) in [5, 5.41) is 3.83. The molecule has 1 heterocycles. The molecule has 0 fully saturated rings. The highest BCUT2D eigenvalue weighted by molar-refractivity contribution is 7.18. The van der Waals surface area contributed by atoms with Crippen molar-refractivity contribution in [3.05, 3.63) is 46.8 Å². The normalized spacial score (nSPS) is 10.8. The van der Waals surface area contributed by atoms with E-state index in [0.29, 0.717) is 10.0 Å². The molecule has 0 atom stereocenters. The third-order valence-electron chi connectivity index (χ3n) is 2.63. The zero-order valence-electron chi connectivity index (χ0n) is 11.3. The maximum Gasteiger partial charge on any atom is 0.199 e. The topological polar surface area (TPSA) is 68.0 Å². The fraction of sp³-hybridized carbons (Fsp3) is 0.200. The molecule has 2 rings (SSSR count). The molecule has 4 nitrogen and oxygen atoms in total. The molecule has 0 bridgehead atoms. The molecule has 2 aromatic rings. The van der Waals surface area contributed by atoms with E-state index in [-0.39, 0.29) is 11.6 Å². The van der Waals surface area contributed by atoms with Crippen LogP contribution < -0.4 is 11.1 Å². The lowest BCUT2D eigenvalue weighted by Crippen LogP contribution is -1.99. The number of anilines is 2. The Morgan fingerprint density at radius 1 is 1.40 bits per heavy atom. The Bertz CT molecular complexity index is 605. The number of rotatable bonds is 6. The Hall–Kier alpha value is -2.14. The van der Waals surface area contributed by atoms with Crippen LogP contribution in [0.1, 0.15) is 28.6 Å². The summed E-state index contributed by atoms with van der Waals surface area (Å²) in [5.41, 5.74) is 6.77. The summed E-state index contributed by atoms with van der Waals surface area (Å²) in [6.45, 7) is 2.89.